The van der Waals surface area contributed by atoms with E-state index in [9.17, 15) is 4.79 Å². The van der Waals surface area contributed by atoms with Crippen LogP contribution in [0.15, 0.2) is 48.7 Å². The maximum atomic E-state index is 12.2. The molecule has 1 saturated heterocycles. The van der Waals surface area contributed by atoms with Crippen LogP contribution < -0.4 is 4.90 Å². The lowest BCUT2D eigenvalue weighted by molar-refractivity contribution is -0.136. The molecule has 126 valence electrons. The van der Waals surface area contributed by atoms with Crippen molar-refractivity contribution in [3.63, 3.8) is 0 Å². The van der Waals surface area contributed by atoms with Crippen molar-refractivity contribution in [3.05, 3.63) is 59.4 Å². The summed E-state index contributed by atoms with van der Waals surface area (Å²) in [6.45, 7) is 3.48. The Bertz CT molecular complexity index is 656. The summed E-state index contributed by atoms with van der Waals surface area (Å²) < 4.78 is 5.48. The average molecular weight is 346 g/mol. The van der Waals surface area contributed by atoms with Crippen LogP contribution in [0.4, 0.5) is 5.69 Å². The summed E-state index contributed by atoms with van der Waals surface area (Å²) in [7, 11) is 0. The Kier molecular flexibility index (Phi) is 5.67. The highest BCUT2D eigenvalue weighted by Gasteiger charge is 2.21. The molecule has 0 aliphatic carbocycles. The molecule has 2 aromatic rings. The molecule has 24 heavy (non-hydrogen) atoms. The zero-order chi connectivity index (χ0) is 16.8. The number of pyridine rings is 1. The molecular weight excluding hydrogens is 326 g/mol. The first kappa shape index (κ1) is 16.7. The van der Waals surface area contributed by atoms with Crippen LogP contribution in [0, 0.1) is 0 Å². The van der Waals surface area contributed by atoms with Crippen LogP contribution in [0.1, 0.15) is 5.69 Å². The van der Waals surface area contributed by atoms with E-state index in [4.69, 9.17) is 16.3 Å². The maximum absolute atomic E-state index is 12.2. The second-order valence-corrected chi connectivity index (χ2v) is 6.09. The van der Waals surface area contributed by atoms with Gasteiger partial charge in [-0.25, -0.2) is 0 Å². The van der Waals surface area contributed by atoms with Gasteiger partial charge in [-0.2, -0.15) is 0 Å². The highest BCUT2D eigenvalue weighted by molar-refractivity contribution is 6.30. The van der Waals surface area contributed by atoms with E-state index in [1.54, 1.807) is 6.20 Å². The minimum Gasteiger partial charge on any atom is -0.368 e. The second kappa shape index (κ2) is 8.13. The summed E-state index contributed by atoms with van der Waals surface area (Å²) in [5.41, 5.74) is 1.97. The molecule has 5 nitrogen and oxygen atoms in total. The van der Waals surface area contributed by atoms with Gasteiger partial charge >= 0.3 is 0 Å². The van der Waals surface area contributed by atoms with Gasteiger partial charge in [-0.05, 0) is 36.4 Å². The van der Waals surface area contributed by atoms with Gasteiger partial charge in [-0.3, -0.25) is 9.78 Å². The maximum Gasteiger partial charge on any atom is 0.248 e. The monoisotopic (exact) mass is 345 g/mol. The fourth-order valence-electron chi connectivity index (χ4n) is 2.68. The summed E-state index contributed by atoms with van der Waals surface area (Å²) in [6.07, 6.45) is 1.72. The summed E-state index contributed by atoms with van der Waals surface area (Å²) in [5, 5.41) is 0.734. The van der Waals surface area contributed by atoms with Crippen molar-refractivity contribution in [2.75, 3.05) is 37.7 Å². The zero-order valence-electron chi connectivity index (χ0n) is 13.4. The molecule has 0 atom stereocenters. The number of benzene rings is 1. The number of rotatable bonds is 5. The van der Waals surface area contributed by atoms with E-state index in [0.717, 1.165) is 29.5 Å². The van der Waals surface area contributed by atoms with Crippen molar-refractivity contribution < 1.29 is 9.53 Å². The van der Waals surface area contributed by atoms with Crippen molar-refractivity contribution in [2.45, 2.75) is 6.61 Å². The molecule has 0 radical (unpaired) electrons. The minimum absolute atomic E-state index is 0.0293. The molecule has 3 rings (SSSR count). The van der Waals surface area contributed by atoms with Gasteiger partial charge in [0.15, 0.2) is 0 Å². The lowest BCUT2D eigenvalue weighted by Gasteiger charge is -2.36. The Morgan fingerprint density at radius 3 is 2.50 bits per heavy atom. The molecule has 1 fully saturated rings. The Morgan fingerprint density at radius 1 is 1.08 bits per heavy atom. The molecule has 0 saturated carbocycles. The highest BCUT2D eigenvalue weighted by atomic mass is 35.5. The standard InChI is InChI=1S/C18H20ClN3O2/c19-15-4-6-17(7-5-15)21-9-11-22(12-10-21)18(23)14-24-13-16-3-1-2-8-20-16/h1-8H,9-14H2. The Morgan fingerprint density at radius 2 is 1.83 bits per heavy atom. The van der Waals surface area contributed by atoms with Crippen LogP contribution in [0.2, 0.25) is 5.02 Å². The number of anilines is 1. The molecule has 0 N–H and O–H groups in total. The zero-order valence-corrected chi connectivity index (χ0v) is 14.2. The molecule has 6 heteroatoms. The van der Waals surface area contributed by atoms with Crippen LogP contribution in [0.5, 0.6) is 0 Å². The quantitative estimate of drug-likeness (QED) is 0.835. The van der Waals surface area contributed by atoms with Crippen molar-refractivity contribution in [1.82, 2.24) is 9.88 Å². The van der Waals surface area contributed by atoms with Gasteiger partial charge in [-0.15, -0.1) is 0 Å². The fourth-order valence-corrected chi connectivity index (χ4v) is 2.81. The highest BCUT2D eigenvalue weighted by Crippen LogP contribution is 2.19. The van der Waals surface area contributed by atoms with Crippen molar-refractivity contribution in [2.24, 2.45) is 0 Å². The minimum atomic E-state index is 0.0293. The van der Waals surface area contributed by atoms with Gasteiger partial charge < -0.3 is 14.5 Å². The van der Waals surface area contributed by atoms with Gasteiger partial charge in [-0.1, -0.05) is 17.7 Å². The van der Waals surface area contributed by atoms with Gasteiger partial charge in [0.25, 0.3) is 0 Å². The van der Waals surface area contributed by atoms with Gasteiger partial charge in [0.05, 0.1) is 12.3 Å². The molecule has 1 amide bonds. The fraction of sp³-hybridized carbons (Fsp3) is 0.333. The number of amides is 1. The number of halogens is 1. The molecule has 1 aromatic heterocycles. The van der Waals surface area contributed by atoms with Crippen LogP contribution in [0.25, 0.3) is 0 Å². The second-order valence-electron chi connectivity index (χ2n) is 5.66. The van der Waals surface area contributed by atoms with E-state index < -0.39 is 0 Å². The number of aromatic nitrogens is 1. The predicted octanol–water partition coefficient (Wildman–Crippen LogP) is 2.60. The van der Waals surface area contributed by atoms with Crippen LogP contribution in [-0.2, 0) is 16.1 Å². The van der Waals surface area contributed by atoms with Crippen LogP contribution in [0.3, 0.4) is 0 Å². The van der Waals surface area contributed by atoms with Gasteiger partial charge in [0.2, 0.25) is 5.91 Å². The third kappa shape index (κ3) is 4.46. The molecule has 0 unspecified atom stereocenters. The number of hydrogen-bond acceptors (Lipinski definition) is 4. The van der Waals surface area contributed by atoms with E-state index in [2.05, 4.69) is 9.88 Å². The number of hydrogen-bond donors (Lipinski definition) is 0. The number of piperazine rings is 1. The molecule has 1 aliphatic rings. The lowest BCUT2D eigenvalue weighted by Crippen LogP contribution is -2.49. The summed E-state index contributed by atoms with van der Waals surface area (Å²) in [4.78, 5) is 20.5. The van der Waals surface area contributed by atoms with Crippen LogP contribution in [-0.4, -0.2) is 48.6 Å². The number of carbonyl (C=O) groups is 1. The van der Waals surface area contributed by atoms with E-state index >= 15 is 0 Å². The summed E-state index contributed by atoms with van der Waals surface area (Å²) in [6, 6.07) is 13.4. The van der Waals surface area contributed by atoms with Gasteiger partial charge in [0.1, 0.15) is 6.61 Å². The topological polar surface area (TPSA) is 45.7 Å². The van der Waals surface area contributed by atoms with Gasteiger partial charge in [0, 0.05) is 43.1 Å². The molecule has 1 aliphatic heterocycles. The average Bonchev–Trinajstić information content (AvgIpc) is 2.63. The predicted molar refractivity (Wildman–Crippen MR) is 94.1 cm³/mol. The third-order valence-electron chi connectivity index (χ3n) is 4.03. The third-order valence-corrected chi connectivity index (χ3v) is 4.28. The SMILES string of the molecule is O=C(COCc1ccccn1)N1CCN(c2ccc(Cl)cc2)CC1. The molecule has 2 heterocycles. The first-order chi connectivity index (χ1) is 11.7. The Balaban J connectivity index is 1.42. The molecule has 1 aromatic carbocycles. The number of carbonyl (C=O) groups excluding carboxylic acids is 1. The first-order valence-corrected chi connectivity index (χ1v) is 8.36. The van der Waals surface area contributed by atoms with Crippen molar-refractivity contribution in [1.29, 1.82) is 0 Å². The molecule has 0 bridgehead atoms. The van der Waals surface area contributed by atoms with Crippen LogP contribution >= 0.6 is 11.6 Å². The van der Waals surface area contributed by atoms with Crippen molar-refractivity contribution >= 4 is 23.2 Å². The molecular formula is C18H20ClN3O2. The largest absolute Gasteiger partial charge is 0.368 e. The number of ether oxygens (including phenoxy) is 1. The normalized spacial score (nSPS) is 14.7. The smallest absolute Gasteiger partial charge is 0.248 e. The number of nitrogens with zero attached hydrogens (tertiary/aromatic N) is 3. The summed E-state index contributed by atoms with van der Waals surface area (Å²) in [5.74, 6) is 0.0293. The van der Waals surface area contributed by atoms with E-state index in [-0.39, 0.29) is 12.5 Å². The Hall–Kier alpha value is -2.11. The first-order valence-electron chi connectivity index (χ1n) is 7.98. The van der Waals surface area contributed by atoms with E-state index in [1.165, 1.54) is 0 Å². The Labute approximate surface area is 146 Å². The van der Waals surface area contributed by atoms with E-state index in [0.29, 0.717) is 19.7 Å². The summed E-state index contributed by atoms with van der Waals surface area (Å²) >= 11 is 5.92. The lowest BCUT2D eigenvalue weighted by atomic mass is 10.2. The molecule has 0 spiro atoms. The van der Waals surface area contributed by atoms with E-state index in [1.807, 2.05) is 47.4 Å². The van der Waals surface area contributed by atoms with Crippen molar-refractivity contribution in [3.8, 4) is 0 Å².